The summed E-state index contributed by atoms with van der Waals surface area (Å²) < 4.78 is 7.27. The molecule has 2 aromatic heterocycles. The quantitative estimate of drug-likeness (QED) is 0.885. The van der Waals surface area contributed by atoms with Gasteiger partial charge in [-0.15, -0.1) is 0 Å². The lowest BCUT2D eigenvalue weighted by Gasteiger charge is -2.14. The molecule has 0 saturated carbocycles. The molecule has 1 amide bonds. The minimum absolute atomic E-state index is 0.173. The Morgan fingerprint density at radius 1 is 1.38 bits per heavy atom. The van der Waals surface area contributed by atoms with Crippen LogP contribution < -0.4 is 5.32 Å². The van der Waals surface area contributed by atoms with Crippen LogP contribution in [0.15, 0.2) is 37.1 Å². The first-order chi connectivity index (χ1) is 10.1. The number of rotatable bonds is 6. The van der Waals surface area contributed by atoms with E-state index in [9.17, 15) is 4.79 Å². The van der Waals surface area contributed by atoms with E-state index in [0.29, 0.717) is 18.2 Å². The molecule has 1 atom stereocenters. The van der Waals surface area contributed by atoms with Crippen LogP contribution in [0.2, 0.25) is 0 Å². The zero-order valence-electron chi connectivity index (χ0n) is 12.5. The van der Waals surface area contributed by atoms with Crippen LogP contribution in [0.4, 0.5) is 5.69 Å². The van der Waals surface area contributed by atoms with E-state index in [0.717, 1.165) is 5.82 Å². The Morgan fingerprint density at radius 3 is 2.76 bits per heavy atom. The molecule has 1 N–H and O–H groups in total. The van der Waals surface area contributed by atoms with Crippen molar-refractivity contribution in [2.75, 3.05) is 11.9 Å². The third-order valence-corrected chi connectivity index (χ3v) is 2.83. The molecule has 0 bridgehead atoms. The number of nitrogens with one attached hydrogen (secondary N) is 1. The Bertz CT molecular complexity index is 564. The Morgan fingerprint density at radius 2 is 2.19 bits per heavy atom. The van der Waals surface area contributed by atoms with Crippen LogP contribution in [0.25, 0.3) is 5.82 Å². The molecule has 2 aromatic rings. The molecule has 0 radical (unpaired) electrons. The second kappa shape index (κ2) is 6.99. The van der Waals surface area contributed by atoms with E-state index >= 15 is 0 Å². The molecule has 6 nitrogen and oxygen atoms in total. The molecule has 1 unspecified atom stereocenters. The number of imidazole rings is 1. The van der Waals surface area contributed by atoms with E-state index < -0.39 is 6.10 Å². The van der Waals surface area contributed by atoms with Gasteiger partial charge in [-0.1, -0.05) is 13.8 Å². The van der Waals surface area contributed by atoms with Gasteiger partial charge in [0.1, 0.15) is 18.2 Å². The van der Waals surface area contributed by atoms with E-state index in [-0.39, 0.29) is 5.91 Å². The lowest BCUT2D eigenvalue weighted by atomic mass is 10.2. The number of carbonyl (C=O) groups excluding carboxylic acids is 1. The average Bonchev–Trinajstić information content (AvgIpc) is 2.99. The highest BCUT2D eigenvalue weighted by Gasteiger charge is 2.14. The van der Waals surface area contributed by atoms with Gasteiger partial charge in [-0.25, -0.2) is 9.97 Å². The van der Waals surface area contributed by atoms with Gasteiger partial charge in [-0.3, -0.25) is 9.36 Å². The van der Waals surface area contributed by atoms with Gasteiger partial charge in [0.2, 0.25) is 0 Å². The molecule has 0 aromatic carbocycles. The first kappa shape index (κ1) is 15.2. The molecule has 0 spiro atoms. The molecular weight excluding hydrogens is 268 g/mol. The number of ether oxygens (including phenoxy) is 1. The first-order valence-electron chi connectivity index (χ1n) is 6.93. The van der Waals surface area contributed by atoms with Crippen molar-refractivity contribution in [1.29, 1.82) is 0 Å². The third-order valence-electron chi connectivity index (χ3n) is 2.83. The van der Waals surface area contributed by atoms with Crippen LogP contribution in [-0.4, -0.2) is 33.2 Å². The number of aromatic nitrogens is 3. The fourth-order valence-electron chi connectivity index (χ4n) is 1.66. The maximum Gasteiger partial charge on any atom is 0.253 e. The zero-order valence-corrected chi connectivity index (χ0v) is 12.5. The standard InChI is InChI=1S/C15H20N4O2/c1-11(2)9-21-12(3)15(20)18-13-4-5-14(17-8-13)19-7-6-16-10-19/h4-8,10-12H,9H2,1-3H3,(H,18,20). The first-order valence-corrected chi connectivity index (χ1v) is 6.93. The minimum Gasteiger partial charge on any atom is -0.368 e. The molecule has 0 aliphatic carbocycles. The molecule has 0 saturated heterocycles. The Labute approximate surface area is 124 Å². The van der Waals surface area contributed by atoms with Crippen molar-refractivity contribution in [1.82, 2.24) is 14.5 Å². The van der Waals surface area contributed by atoms with Crippen LogP contribution in [0, 0.1) is 5.92 Å². The fraction of sp³-hybridized carbons (Fsp3) is 0.400. The normalized spacial score (nSPS) is 12.4. The van der Waals surface area contributed by atoms with Crippen LogP contribution in [0.5, 0.6) is 0 Å². The van der Waals surface area contributed by atoms with Crippen LogP contribution in [0.1, 0.15) is 20.8 Å². The van der Waals surface area contributed by atoms with E-state index in [1.54, 1.807) is 36.3 Å². The van der Waals surface area contributed by atoms with E-state index in [1.165, 1.54) is 0 Å². The monoisotopic (exact) mass is 288 g/mol. The number of pyridine rings is 1. The van der Waals surface area contributed by atoms with Crippen molar-refractivity contribution in [3.63, 3.8) is 0 Å². The average molecular weight is 288 g/mol. The van der Waals surface area contributed by atoms with Gasteiger partial charge in [0.15, 0.2) is 0 Å². The largest absolute Gasteiger partial charge is 0.368 e. The molecule has 6 heteroatoms. The summed E-state index contributed by atoms with van der Waals surface area (Å²) >= 11 is 0. The predicted octanol–water partition coefficient (Wildman–Crippen LogP) is 2.27. The van der Waals surface area contributed by atoms with Crippen LogP contribution in [-0.2, 0) is 9.53 Å². The van der Waals surface area contributed by atoms with Crippen molar-refractivity contribution in [2.45, 2.75) is 26.9 Å². The lowest BCUT2D eigenvalue weighted by Crippen LogP contribution is -2.29. The smallest absolute Gasteiger partial charge is 0.253 e. The summed E-state index contributed by atoms with van der Waals surface area (Å²) in [5.74, 6) is 0.971. The SMILES string of the molecule is CC(C)COC(C)C(=O)Nc1ccc(-n2ccnc2)nc1. The molecular formula is C15H20N4O2. The van der Waals surface area contributed by atoms with Crippen LogP contribution >= 0.6 is 0 Å². The predicted molar refractivity (Wildman–Crippen MR) is 80.2 cm³/mol. The van der Waals surface area contributed by atoms with E-state index in [2.05, 4.69) is 15.3 Å². The minimum atomic E-state index is -0.485. The van der Waals surface area contributed by atoms with Gasteiger partial charge in [-0.05, 0) is 25.0 Å². The number of hydrogen-bond donors (Lipinski definition) is 1. The highest BCUT2D eigenvalue weighted by Crippen LogP contribution is 2.10. The summed E-state index contributed by atoms with van der Waals surface area (Å²) in [5, 5.41) is 2.79. The number of hydrogen-bond acceptors (Lipinski definition) is 4. The maximum atomic E-state index is 12.0. The van der Waals surface area contributed by atoms with Crippen molar-refractivity contribution in [2.24, 2.45) is 5.92 Å². The topological polar surface area (TPSA) is 69.0 Å². The lowest BCUT2D eigenvalue weighted by molar-refractivity contribution is -0.126. The maximum absolute atomic E-state index is 12.0. The fourth-order valence-corrected chi connectivity index (χ4v) is 1.66. The number of nitrogens with zero attached hydrogens (tertiary/aromatic N) is 3. The number of anilines is 1. The second-order valence-electron chi connectivity index (χ2n) is 5.23. The summed E-state index contributed by atoms with van der Waals surface area (Å²) in [6.45, 7) is 6.39. The second-order valence-corrected chi connectivity index (χ2v) is 5.23. The van der Waals surface area contributed by atoms with Crippen molar-refractivity contribution >= 4 is 11.6 Å². The van der Waals surface area contributed by atoms with Gasteiger partial charge >= 0.3 is 0 Å². The summed E-state index contributed by atoms with van der Waals surface area (Å²) in [7, 11) is 0. The summed E-state index contributed by atoms with van der Waals surface area (Å²) in [6.07, 6.45) is 6.29. The van der Waals surface area contributed by atoms with Crippen molar-refractivity contribution < 1.29 is 9.53 Å². The third kappa shape index (κ3) is 4.39. The number of carbonyl (C=O) groups is 1. The molecule has 0 aliphatic rings. The van der Waals surface area contributed by atoms with E-state index in [4.69, 9.17) is 4.74 Å². The Balaban J connectivity index is 1.92. The highest BCUT2D eigenvalue weighted by atomic mass is 16.5. The molecule has 2 rings (SSSR count). The van der Waals surface area contributed by atoms with Gasteiger partial charge in [-0.2, -0.15) is 0 Å². The molecule has 21 heavy (non-hydrogen) atoms. The molecule has 112 valence electrons. The van der Waals surface area contributed by atoms with Crippen LogP contribution in [0.3, 0.4) is 0 Å². The van der Waals surface area contributed by atoms with Crippen molar-refractivity contribution in [3.8, 4) is 5.82 Å². The van der Waals surface area contributed by atoms with Gasteiger partial charge in [0.25, 0.3) is 5.91 Å². The highest BCUT2D eigenvalue weighted by molar-refractivity contribution is 5.93. The molecule has 0 fully saturated rings. The number of amides is 1. The Kier molecular flexibility index (Phi) is 5.05. The molecule has 0 aliphatic heterocycles. The van der Waals surface area contributed by atoms with Gasteiger partial charge in [0.05, 0.1) is 11.9 Å². The van der Waals surface area contributed by atoms with Gasteiger partial charge < -0.3 is 10.1 Å². The summed E-state index contributed by atoms with van der Waals surface area (Å²) in [4.78, 5) is 20.2. The Hall–Kier alpha value is -2.21. The summed E-state index contributed by atoms with van der Waals surface area (Å²) in [6, 6.07) is 3.62. The zero-order chi connectivity index (χ0) is 15.2. The van der Waals surface area contributed by atoms with Gasteiger partial charge in [0, 0.05) is 19.0 Å². The summed E-state index contributed by atoms with van der Waals surface area (Å²) in [5.41, 5.74) is 0.642. The van der Waals surface area contributed by atoms with Crippen molar-refractivity contribution in [3.05, 3.63) is 37.1 Å². The molecule has 2 heterocycles. The van der Waals surface area contributed by atoms with E-state index in [1.807, 2.05) is 26.1 Å².